The fourth-order valence-corrected chi connectivity index (χ4v) is 1.79. The van der Waals surface area contributed by atoms with E-state index in [4.69, 9.17) is 5.11 Å². The summed E-state index contributed by atoms with van der Waals surface area (Å²) in [7, 11) is 0. The van der Waals surface area contributed by atoms with Gasteiger partial charge < -0.3 is 9.67 Å². The second kappa shape index (κ2) is 6.57. The molecular weight excluding hydrogens is 266 g/mol. The Morgan fingerprint density at radius 3 is 2.68 bits per heavy atom. The summed E-state index contributed by atoms with van der Waals surface area (Å²) in [5.74, 6) is -0.943. The first-order valence-electron chi connectivity index (χ1n) is 5.39. The molecule has 1 unspecified atom stereocenters. The van der Waals surface area contributed by atoms with Crippen LogP contribution in [0.25, 0.3) is 0 Å². The number of rotatable bonds is 4. The number of benzene rings is 1. The van der Waals surface area contributed by atoms with Crippen molar-refractivity contribution < 1.29 is 9.90 Å². The zero-order chi connectivity index (χ0) is 13.0. The highest BCUT2D eigenvalue weighted by Gasteiger charge is 2.16. The van der Waals surface area contributed by atoms with Gasteiger partial charge in [-0.05, 0) is 5.56 Å². The molecule has 1 aromatic carbocycles. The number of aliphatic carboxylic acids is 1. The smallest absolute Gasteiger partial charge is 0.309 e. The van der Waals surface area contributed by atoms with Gasteiger partial charge in [0.15, 0.2) is 0 Å². The number of carbonyl (C=O) groups is 1. The Hall–Kier alpha value is -2.32. The van der Waals surface area contributed by atoms with Crippen molar-refractivity contribution in [2.24, 2.45) is 0 Å². The largest absolute Gasteiger partial charge is 0.481 e. The first kappa shape index (κ1) is 14.7. The van der Waals surface area contributed by atoms with Gasteiger partial charge in [-0.25, -0.2) is 4.98 Å². The molecule has 0 amide bonds. The zero-order valence-corrected chi connectivity index (χ0v) is 10.7. The van der Waals surface area contributed by atoms with E-state index in [1.165, 1.54) is 12.5 Å². The van der Waals surface area contributed by atoms with E-state index in [1.807, 2.05) is 30.3 Å². The molecule has 6 heteroatoms. The Kier molecular flexibility index (Phi) is 5.10. The number of aromatic nitrogens is 2. The van der Waals surface area contributed by atoms with Crippen LogP contribution in [0, 0.1) is 11.3 Å². The van der Waals surface area contributed by atoms with Crippen LogP contribution in [0.4, 0.5) is 0 Å². The number of hydrogen-bond donors (Lipinski definition) is 1. The lowest BCUT2D eigenvalue weighted by molar-refractivity contribution is -0.136. The Balaban J connectivity index is 0.00000180. The van der Waals surface area contributed by atoms with Gasteiger partial charge >= 0.3 is 5.97 Å². The van der Waals surface area contributed by atoms with Crippen LogP contribution in [0.3, 0.4) is 0 Å². The highest BCUT2D eigenvalue weighted by molar-refractivity contribution is 5.85. The van der Waals surface area contributed by atoms with Gasteiger partial charge in [0.1, 0.15) is 6.04 Å². The third-order valence-electron chi connectivity index (χ3n) is 2.59. The predicted molar refractivity (Wildman–Crippen MR) is 71.0 cm³/mol. The van der Waals surface area contributed by atoms with Crippen molar-refractivity contribution in [3.05, 3.63) is 54.1 Å². The molecule has 0 bridgehead atoms. The predicted octanol–water partition coefficient (Wildman–Crippen LogP) is 2.04. The van der Waals surface area contributed by atoms with Crippen LogP contribution < -0.4 is 0 Å². The van der Waals surface area contributed by atoms with Crippen molar-refractivity contribution in [3.63, 3.8) is 0 Å². The summed E-state index contributed by atoms with van der Waals surface area (Å²) < 4.78 is 1.59. The number of nitrogens with zero attached hydrogens (tertiary/aromatic N) is 3. The van der Waals surface area contributed by atoms with Crippen molar-refractivity contribution in [2.75, 3.05) is 0 Å². The number of imidazole rings is 1. The summed E-state index contributed by atoms with van der Waals surface area (Å²) in [6, 6.07) is 10.8. The minimum absolute atomic E-state index is 0. The summed E-state index contributed by atoms with van der Waals surface area (Å²) in [5.41, 5.74) is 1.32. The van der Waals surface area contributed by atoms with Crippen molar-refractivity contribution in [1.82, 2.24) is 9.55 Å². The minimum atomic E-state index is -0.943. The normalized spacial score (nSPS) is 11.1. The van der Waals surface area contributed by atoms with E-state index < -0.39 is 12.0 Å². The molecule has 0 spiro atoms. The van der Waals surface area contributed by atoms with Crippen LogP contribution in [0.5, 0.6) is 0 Å². The SMILES string of the molecule is Cl.N#CC(c1ccccc1)n1cncc1CC(=O)O. The highest BCUT2D eigenvalue weighted by atomic mass is 35.5. The van der Waals surface area contributed by atoms with Crippen LogP contribution >= 0.6 is 12.4 Å². The number of carboxylic acid groups (broad SMARTS) is 1. The van der Waals surface area contributed by atoms with E-state index in [2.05, 4.69) is 11.1 Å². The lowest BCUT2D eigenvalue weighted by Gasteiger charge is -2.13. The van der Waals surface area contributed by atoms with E-state index in [0.29, 0.717) is 5.69 Å². The number of carboxylic acids is 1. The second-order valence-corrected chi connectivity index (χ2v) is 3.81. The third-order valence-corrected chi connectivity index (χ3v) is 2.59. The average molecular weight is 278 g/mol. The molecule has 0 saturated carbocycles. The molecule has 1 aromatic heterocycles. The van der Waals surface area contributed by atoms with E-state index in [0.717, 1.165) is 5.56 Å². The molecule has 2 aromatic rings. The maximum absolute atomic E-state index is 10.7. The molecular formula is C13H12ClN3O2. The van der Waals surface area contributed by atoms with Crippen LogP contribution in [0.2, 0.25) is 0 Å². The fourth-order valence-electron chi connectivity index (χ4n) is 1.79. The molecule has 1 heterocycles. The van der Waals surface area contributed by atoms with Crippen molar-refractivity contribution >= 4 is 18.4 Å². The van der Waals surface area contributed by atoms with Gasteiger partial charge in [-0.15, -0.1) is 12.4 Å². The topological polar surface area (TPSA) is 78.9 Å². The summed E-state index contributed by atoms with van der Waals surface area (Å²) >= 11 is 0. The van der Waals surface area contributed by atoms with Crippen molar-refractivity contribution in [3.8, 4) is 6.07 Å². The van der Waals surface area contributed by atoms with Crippen molar-refractivity contribution in [1.29, 1.82) is 5.26 Å². The number of hydrogen-bond acceptors (Lipinski definition) is 3. The average Bonchev–Trinajstić information content (AvgIpc) is 2.79. The Labute approximate surface area is 116 Å². The van der Waals surface area contributed by atoms with E-state index in [9.17, 15) is 10.1 Å². The van der Waals surface area contributed by atoms with Crippen LogP contribution in [-0.2, 0) is 11.2 Å². The molecule has 0 fully saturated rings. The summed E-state index contributed by atoms with van der Waals surface area (Å²) in [6.07, 6.45) is 2.81. The molecule has 5 nitrogen and oxygen atoms in total. The molecule has 98 valence electrons. The molecule has 1 N–H and O–H groups in total. The first-order chi connectivity index (χ1) is 8.72. The monoisotopic (exact) mass is 277 g/mol. The van der Waals surface area contributed by atoms with Gasteiger partial charge in [-0.1, -0.05) is 30.3 Å². The van der Waals surface area contributed by atoms with Gasteiger partial charge in [0.05, 0.1) is 24.5 Å². The quantitative estimate of drug-likeness (QED) is 0.927. The molecule has 0 aliphatic rings. The summed E-state index contributed by atoms with van der Waals surface area (Å²) in [6.45, 7) is 0. The zero-order valence-electron chi connectivity index (χ0n) is 9.93. The van der Waals surface area contributed by atoms with Gasteiger partial charge in [0.25, 0.3) is 0 Å². The molecule has 19 heavy (non-hydrogen) atoms. The molecule has 1 atom stereocenters. The Bertz CT molecular complexity index is 589. The maximum Gasteiger partial charge on any atom is 0.309 e. The molecule has 0 aliphatic heterocycles. The standard InChI is InChI=1S/C13H11N3O2.ClH/c14-7-12(10-4-2-1-3-5-10)16-9-15-8-11(16)6-13(17)18;/h1-5,8-9,12H,6H2,(H,17,18);1H. The Morgan fingerprint density at radius 2 is 2.11 bits per heavy atom. The second-order valence-electron chi connectivity index (χ2n) is 3.81. The van der Waals surface area contributed by atoms with E-state index in [1.54, 1.807) is 4.57 Å². The number of halogens is 1. The van der Waals surface area contributed by atoms with Gasteiger partial charge in [0.2, 0.25) is 0 Å². The minimum Gasteiger partial charge on any atom is -0.481 e. The third kappa shape index (κ3) is 3.33. The number of nitriles is 1. The van der Waals surface area contributed by atoms with E-state index in [-0.39, 0.29) is 18.8 Å². The van der Waals surface area contributed by atoms with Crippen LogP contribution in [0.15, 0.2) is 42.9 Å². The maximum atomic E-state index is 10.7. The highest BCUT2D eigenvalue weighted by Crippen LogP contribution is 2.19. The van der Waals surface area contributed by atoms with Gasteiger partial charge in [0, 0.05) is 6.20 Å². The lowest BCUT2D eigenvalue weighted by atomic mass is 10.1. The van der Waals surface area contributed by atoms with Crippen molar-refractivity contribution in [2.45, 2.75) is 12.5 Å². The van der Waals surface area contributed by atoms with Gasteiger partial charge in [-0.2, -0.15) is 5.26 Å². The molecule has 0 aliphatic carbocycles. The summed E-state index contributed by atoms with van der Waals surface area (Å²) in [5, 5.41) is 18.1. The molecule has 2 rings (SSSR count). The van der Waals surface area contributed by atoms with Crippen LogP contribution in [0.1, 0.15) is 17.3 Å². The van der Waals surface area contributed by atoms with Crippen LogP contribution in [-0.4, -0.2) is 20.6 Å². The molecule has 0 radical (unpaired) electrons. The molecule has 0 saturated heterocycles. The van der Waals surface area contributed by atoms with E-state index >= 15 is 0 Å². The first-order valence-corrected chi connectivity index (χ1v) is 5.39. The fraction of sp³-hybridized carbons (Fsp3) is 0.154. The Morgan fingerprint density at radius 1 is 1.42 bits per heavy atom. The lowest BCUT2D eigenvalue weighted by Crippen LogP contribution is -2.13. The van der Waals surface area contributed by atoms with Gasteiger partial charge in [-0.3, -0.25) is 4.79 Å². The summed E-state index contributed by atoms with van der Waals surface area (Å²) in [4.78, 5) is 14.7.